The number of likely N-dealkylation sites (tertiary alicyclic amines) is 1. The SMILES string of the molecule is CN=C(NCCN1CCCCC1)NC1CC(C)(OC)C1(C)C. The number of nitrogens with zero attached hydrogens (tertiary/aromatic N) is 2. The minimum Gasteiger partial charge on any atom is -0.378 e. The Bertz CT molecular complexity index is 390. The van der Waals surface area contributed by atoms with Gasteiger partial charge < -0.3 is 20.3 Å². The fraction of sp³-hybridized carbons (Fsp3) is 0.941. The number of methoxy groups -OCH3 is 1. The lowest BCUT2D eigenvalue weighted by atomic mass is 9.56. The number of hydrogen-bond acceptors (Lipinski definition) is 3. The molecule has 22 heavy (non-hydrogen) atoms. The van der Waals surface area contributed by atoms with Gasteiger partial charge in [-0.25, -0.2) is 0 Å². The Morgan fingerprint density at radius 2 is 1.91 bits per heavy atom. The highest BCUT2D eigenvalue weighted by molar-refractivity contribution is 5.80. The van der Waals surface area contributed by atoms with Gasteiger partial charge in [-0.05, 0) is 39.3 Å². The number of ether oxygens (including phenoxy) is 1. The Morgan fingerprint density at radius 1 is 1.23 bits per heavy atom. The number of aliphatic imine (C=N–C) groups is 1. The zero-order valence-electron chi connectivity index (χ0n) is 15.0. The summed E-state index contributed by atoms with van der Waals surface area (Å²) in [6, 6.07) is 0.402. The van der Waals surface area contributed by atoms with Gasteiger partial charge in [-0.3, -0.25) is 4.99 Å². The monoisotopic (exact) mass is 310 g/mol. The van der Waals surface area contributed by atoms with Crippen LogP contribution in [0.4, 0.5) is 0 Å². The maximum Gasteiger partial charge on any atom is 0.191 e. The van der Waals surface area contributed by atoms with Gasteiger partial charge in [0.05, 0.1) is 5.60 Å². The van der Waals surface area contributed by atoms with Crippen molar-refractivity contribution < 1.29 is 4.74 Å². The van der Waals surface area contributed by atoms with E-state index in [9.17, 15) is 0 Å². The highest BCUT2D eigenvalue weighted by atomic mass is 16.5. The number of hydrogen-bond donors (Lipinski definition) is 2. The third-order valence-electron chi connectivity index (χ3n) is 5.98. The Kier molecular flexibility index (Phi) is 5.72. The van der Waals surface area contributed by atoms with Crippen LogP contribution in [0.25, 0.3) is 0 Å². The lowest BCUT2D eigenvalue weighted by Crippen LogP contribution is -2.69. The van der Waals surface area contributed by atoms with Gasteiger partial charge in [0, 0.05) is 38.7 Å². The van der Waals surface area contributed by atoms with Gasteiger partial charge >= 0.3 is 0 Å². The lowest BCUT2D eigenvalue weighted by Gasteiger charge is -2.59. The molecule has 1 aliphatic heterocycles. The topological polar surface area (TPSA) is 48.9 Å². The summed E-state index contributed by atoms with van der Waals surface area (Å²) in [5, 5.41) is 7.02. The third kappa shape index (κ3) is 3.57. The second-order valence-corrected chi connectivity index (χ2v) is 7.46. The van der Waals surface area contributed by atoms with Gasteiger partial charge in [-0.2, -0.15) is 0 Å². The molecule has 128 valence electrons. The van der Waals surface area contributed by atoms with E-state index in [0.717, 1.165) is 25.5 Å². The van der Waals surface area contributed by atoms with E-state index in [2.05, 4.69) is 41.3 Å². The zero-order valence-corrected chi connectivity index (χ0v) is 15.0. The van der Waals surface area contributed by atoms with E-state index in [-0.39, 0.29) is 11.0 Å². The maximum atomic E-state index is 5.69. The lowest BCUT2D eigenvalue weighted by molar-refractivity contribution is -0.176. The summed E-state index contributed by atoms with van der Waals surface area (Å²) in [6.45, 7) is 11.3. The quantitative estimate of drug-likeness (QED) is 0.601. The molecule has 2 aliphatic rings. The highest BCUT2D eigenvalue weighted by Gasteiger charge is 2.58. The van der Waals surface area contributed by atoms with Crippen molar-refractivity contribution in [1.82, 2.24) is 15.5 Å². The van der Waals surface area contributed by atoms with Crippen molar-refractivity contribution in [1.29, 1.82) is 0 Å². The van der Waals surface area contributed by atoms with Crippen LogP contribution in [0.1, 0.15) is 46.5 Å². The molecule has 0 radical (unpaired) electrons. The molecule has 2 unspecified atom stereocenters. The molecule has 0 aromatic carbocycles. The second kappa shape index (κ2) is 7.18. The standard InChI is InChI=1S/C17H34N4O/c1-16(2)14(13-17(16,3)22-5)20-15(18-4)19-9-12-21-10-7-6-8-11-21/h14H,6-13H2,1-5H3,(H2,18,19,20). The predicted molar refractivity (Wildman–Crippen MR) is 92.4 cm³/mol. The smallest absolute Gasteiger partial charge is 0.191 e. The zero-order chi connectivity index (χ0) is 16.2. The summed E-state index contributed by atoms with van der Waals surface area (Å²) in [5.74, 6) is 0.910. The van der Waals surface area contributed by atoms with Gasteiger partial charge in [0.25, 0.3) is 0 Å². The van der Waals surface area contributed by atoms with E-state index in [1.165, 1.54) is 32.4 Å². The molecule has 2 rings (SSSR count). The Morgan fingerprint density at radius 3 is 2.45 bits per heavy atom. The van der Waals surface area contributed by atoms with E-state index in [1.54, 1.807) is 0 Å². The Labute approximate surface area is 135 Å². The maximum absolute atomic E-state index is 5.69. The normalized spacial score (nSPS) is 32.4. The van der Waals surface area contributed by atoms with Crippen LogP contribution in [0.2, 0.25) is 0 Å². The van der Waals surface area contributed by atoms with Crippen molar-refractivity contribution in [2.45, 2.75) is 58.1 Å². The van der Waals surface area contributed by atoms with Crippen molar-refractivity contribution in [3.63, 3.8) is 0 Å². The van der Waals surface area contributed by atoms with Crippen LogP contribution in [0.5, 0.6) is 0 Å². The predicted octanol–water partition coefficient (Wildman–Crippen LogP) is 1.84. The van der Waals surface area contributed by atoms with E-state index in [4.69, 9.17) is 4.74 Å². The van der Waals surface area contributed by atoms with E-state index in [0.29, 0.717) is 6.04 Å². The summed E-state index contributed by atoms with van der Waals surface area (Å²) < 4.78 is 5.69. The highest BCUT2D eigenvalue weighted by Crippen LogP contribution is 2.51. The molecule has 1 heterocycles. The molecule has 0 bridgehead atoms. The van der Waals surface area contributed by atoms with Crippen LogP contribution in [0.15, 0.2) is 4.99 Å². The van der Waals surface area contributed by atoms with Crippen LogP contribution in [-0.2, 0) is 4.74 Å². The summed E-state index contributed by atoms with van der Waals surface area (Å²) in [7, 11) is 3.65. The molecule has 5 nitrogen and oxygen atoms in total. The number of guanidine groups is 1. The first-order valence-corrected chi connectivity index (χ1v) is 8.67. The van der Waals surface area contributed by atoms with Gasteiger partial charge in [0.15, 0.2) is 5.96 Å². The molecular weight excluding hydrogens is 276 g/mol. The summed E-state index contributed by atoms with van der Waals surface area (Å²) in [4.78, 5) is 6.91. The van der Waals surface area contributed by atoms with E-state index < -0.39 is 0 Å². The van der Waals surface area contributed by atoms with Crippen molar-refractivity contribution in [2.24, 2.45) is 10.4 Å². The van der Waals surface area contributed by atoms with E-state index >= 15 is 0 Å². The van der Waals surface area contributed by atoms with Crippen LogP contribution < -0.4 is 10.6 Å². The van der Waals surface area contributed by atoms with Crippen LogP contribution in [0, 0.1) is 5.41 Å². The first kappa shape index (κ1) is 17.5. The third-order valence-corrected chi connectivity index (χ3v) is 5.98. The molecule has 1 saturated heterocycles. The molecule has 0 aromatic rings. The average Bonchev–Trinajstić information content (AvgIpc) is 2.53. The van der Waals surface area contributed by atoms with Crippen molar-refractivity contribution in [2.75, 3.05) is 40.3 Å². The van der Waals surface area contributed by atoms with Crippen molar-refractivity contribution in [3.05, 3.63) is 0 Å². The summed E-state index contributed by atoms with van der Waals surface area (Å²) in [5.41, 5.74) is 0.0591. The van der Waals surface area contributed by atoms with Crippen LogP contribution >= 0.6 is 0 Å². The largest absolute Gasteiger partial charge is 0.378 e. The molecule has 1 saturated carbocycles. The van der Waals surface area contributed by atoms with Crippen LogP contribution in [0.3, 0.4) is 0 Å². The molecule has 2 atom stereocenters. The van der Waals surface area contributed by atoms with Gasteiger partial charge in [-0.1, -0.05) is 20.3 Å². The molecule has 5 heteroatoms. The summed E-state index contributed by atoms with van der Waals surface area (Å²) in [6.07, 6.45) is 5.10. The fourth-order valence-corrected chi connectivity index (χ4v) is 3.60. The molecule has 2 fully saturated rings. The number of nitrogens with one attached hydrogen (secondary N) is 2. The summed E-state index contributed by atoms with van der Waals surface area (Å²) >= 11 is 0. The van der Waals surface area contributed by atoms with Crippen LogP contribution in [-0.4, -0.2) is 62.8 Å². The van der Waals surface area contributed by atoms with E-state index in [1.807, 2.05) is 14.2 Å². The van der Waals surface area contributed by atoms with Crippen molar-refractivity contribution in [3.8, 4) is 0 Å². The molecule has 1 aliphatic carbocycles. The van der Waals surface area contributed by atoms with Gasteiger partial charge in [0.2, 0.25) is 0 Å². The number of rotatable bonds is 5. The minimum absolute atomic E-state index is 0.0443. The Hall–Kier alpha value is -0.810. The molecule has 0 spiro atoms. The minimum atomic E-state index is -0.0443. The first-order chi connectivity index (χ1) is 10.4. The average molecular weight is 310 g/mol. The van der Waals surface area contributed by atoms with Crippen molar-refractivity contribution >= 4 is 5.96 Å². The Balaban J connectivity index is 1.74. The molecule has 0 amide bonds. The molecule has 2 N–H and O–H groups in total. The second-order valence-electron chi connectivity index (χ2n) is 7.46. The first-order valence-electron chi connectivity index (χ1n) is 8.67. The molecule has 0 aromatic heterocycles. The fourth-order valence-electron chi connectivity index (χ4n) is 3.60. The molecular formula is C17H34N4O. The number of piperidine rings is 1. The van der Waals surface area contributed by atoms with Gasteiger partial charge in [-0.15, -0.1) is 0 Å². The van der Waals surface area contributed by atoms with Gasteiger partial charge in [0.1, 0.15) is 0 Å².